The Morgan fingerprint density at radius 3 is 2.84 bits per heavy atom. The number of methoxy groups -OCH3 is 2. The number of carbonyl (C=O) groups excluding carboxylic acids is 1. The van der Waals surface area contributed by atoms with Crippen molar-refractivity contribution in [1.29, 1.82) is 0 Å². The lowest BCUT2D eigenvalue weighted by Crippen LogP contribution is -2.29. The van der Waals surface area contributed by atoms with Crippen molar-refractivity contribution in [2.24, 2.45) is 0 Å². The van der Waals surface area contributed by atoms with E-state index >= 15 is 0 Å². The number of carbonyl (C=O) groups is 1. The predicted molar refractivity (Wildman–Crippen MR) is 116 cm³/mol. The van der Waals surface area contributed by atoms with Crippen LogP contribution in [0.3, 0.4) is 0 Å². The molecule has 0 saturated carbocycles. The molecule has 0 unspecified atom stereocenters. The van der Waals surface area contributed by atoms with Crippen LogP contribution >= 0.6 is 11.6 Å². The van der Waals surface area contributed by atoms with Crippen molar-refractivity contribution in [3.8, 4) is 22.9 Å². The third kappa shape index (κ3) is 4.25. The summed E-state index contributed by atoms with van der Waals surface area (Å²) in [5.41, 5.74) is 1.25. The van der Waals surface area contributed by atoms with Crippen LogP contribution in [-0.4, -0.2) is 53.1 Å². The molecule has 1 fully saturated rings. The van der Waals surface area contributed by atoms with Gasteiger partial charge in [0, 0.05) is 36.3 Å². The third-order valence-electron chi connectivity index (χ3n) is 5.25. The molecule has 1 saturated heterocycles. The first-order valence-electron chi connectivity index (χ1n) is 9.73. The molecule has 2 aromatic heterocycles. The molecule has 1 aromatic carbocycles. The number of H-pyrrole nitrogens is 1. The highest BCUT2D eigenvalue weighted by molar-refractivity contribution is 6.31. The van der Waals surface area contributed by atoms with Crippen molar-refractivity contribution in [1.82, 2.24) is 19.9 Å². The summed E-state index contributed by atoms with van der Waals surface area (Å²) in [6, 6.07) is 9.93. The molecule has 8 nitrogen and oxygen atoms in total. The maximum absolute atomic E-state index is 13.1. The molecule has 3 heterocycles. The van der Waals surface area contributed by atoms with Gasteiger partial charge in [0.25, 0.3) is 11.5 Å². The van der Waals surface area contributed by atoms with E-state index in [4.69, 9.17) is 21.1 Å². The van der Waals surface area contributed by atoms with Gasteiger partial charge in [-0.3, -0.25) is 9.59 Å². The fourth-order valence-electron chi connectivity index (χ4n) is 3.74. The number of benzene rings is 1. The molecule has 4 rings (SSSR count). The first-order valence-corrected chi connectivity index (χ1v) is 10.1. The molecule has 160 valence electrons. The Morgan fingerprint density at radius 1 is 1.23 bits per heavy atom. The van der Waals surface area contributed by atoms with Gasteiger partial charge in [-0.25, -0.2) is 9.97 Å². The zero-order valence-electron chi connectivity index (χ0n) is 17.1. The molecule has 0 spiro atoms. The average Bonchev–Trinajstić information content (AvgIpc) is 3.28. The second kappa shape index (κ2) is 8.77. The molecule has 1 amide bonds. The van der Waals surface area contributed by atoms with Crippen molar-refractivity contribution in [3.05, 3.63) is 69.4 Å². The number of amides is 1. The summed E-state index contributed by atoms with van der Waals surface area (Å²) in [7, 11) is 3.03. The number of nitrogens with one attached hydrogen (secondary N) is 1. The number of halogens is 1. The number of nitrogens with zero attached hydrogens (tertiary/aromatic N) is 3. The Labute approximate surface area is 183 Å². The first kappa shape index (κ1) is 20.9. The van der Waals surface area contributed by atoms with Crippen LogP contribution in [-0.2, 0) is 0 Å². The number of rotatable bonds is 5. The maximum atomic E-state index is 13.1. The van der Waals surface area contributed by atoms with Gasteiger partial charge in [0.15, 0.2) is 0 Å². The van der Waals surface area contributed by atoms with Crippen LogP contribution in [0.4, 0.5) is 0 Å². The van der Waals surface area contributed by atoms with Gasteiger partial charge >= 0.3 is 0 Å². The number of aromatic nitrogens is 3. The Kier molecular flexibility index (Phi) is 5.90. The lowest BCUT2D eigenvalue weighted by molar-refractivity contribution is 0.0787. The fraction of sp³-hybridized carbons (Fsp3) is 0.273. The Balaban J connectivity index is 1.60. The van der Waals surface area contributed by atoms with Crippen molar-refractivity contribution >= 4 is 17.5 Å². The van der Waals surface area contributed by atoms with Crippen molar-refractivity contribution in [3.63, 3.8) is 0 Å². The monoisotopic (exact) mass is 440 g/mol. The zero-order valence-corrected chi connectivity index (χ0v) is 17.8. The number of hydrogen-bond acceptors (Lipinski definition) is 6. The van der Waals surface area contributed by atoms with Crippen LogP contribution in [0.25, 0.3) is 11.3 Å². The molecule has 31 heavy (non-hydrogen) atoms. The summed E-state index contributed by atoms with van der Waals surface area (Å²) >= 11 is 6.08. The van der Waals surface area contributed by atoms with Gasteiger partial charge in [0.05, 0.1) is 31.0 Å². The van der Waals surface area contributed by atoms with Gasteiger partial charge in [0.1, 0.15) is 11.6 Å². The molecule has 1 aliphatic rings. The van der Waals surface area contributed by atoms with Gasteiger partial charge in [-0.2, -0.15) is 0 Å². The van der Waals surface area contributed by atoms with E-state index in [0.717, 1.165) is 0 Å². The number of hydrogen-bond donors (Lipinski definition) is 1. The predicted octanol–water partition coefficient (Wildman–Crippen LogP) is 3.13. The van der Waals surface area contributed by atoms with E-state index in [1.165, 1.54) is 20.3 Å². The zero-order chi connectivity index (χ0) is 22.0. The van der Waals surface area contributed by atoms with Crippen molar-refractivity contribution in [2.75, 3.05) is 27.3 Å². The van der Waals surface area contributed by atoms with Gasteiger partial charge in [-0.15, -0.1) is 0 Å². The minimum Gasteiger partial charge on any atom is -0.496 e. The van der Waals surface area contributed by atoms with E-state index in [1.807, 2.05) is 0 Å². The summed E-state index contributed by atoms with van der Waals surface area (Å²) in [6.45, 7) is 0.953. The molecule has 1 N–H and O–H groups in total. The highest BCUT2D eigenvalue weighted by atomic mass is 35.5. The van der Waals surface area contributed by atoms with Crippen LogP contribution < -0.4 is 15.0 Å². The summed E-state index contributed by atoms with van der Waals surface area (Å²) in [6.07, 6.45) is 2.28. The average molecular weight is 441 g/mol. The molecule has 0 aliphatic carbocycles. The number of pyridine rings is 1. The quantitative estimate of drug-likeness (QED) is 0.654. The van der Waals surface area contributed by atoms with E-state index in [0.29, 0.717) is 58.8 Å². The second-order valence-electron chi connectivity index (χ2n) is 7.16. The Hall–Kier alpha value is -3.39. The molecule has 0 radical (unpaired) electrons. The first-order chi connectivity index (χ1) is 15.0. The van der Waals surface area contributed by atoms with Crippen LogP contribution in [0.1, 0.15) is 28.5 Å². The number of ether oxygens (including phenoxy) is 2. The lowest BCUT2D eigenvalue weighted by Gasteiger charge is -2.18. The van der Waals surface area contributed by atoms with Crippen LogP contribution in [0.5, 0.6) is 11.6 Å². The Bertz CT molecular complexity index is 1180. The highest BCUT2D eigenvalue weighted by Crippen LogP contribution is 2.31. The summed E-state index contributed by atoms with van der Waals surface area (Å²) < 4.78 is 10.6. The van der Waals surface area contributed by atoms with Gasteiger partial charge in [0.2, 0.25) is 5.88 Å². The van der Waals surface area contributed by atoms with E-state index < -0.39 is 0 Å². The molecular formula is C22H21ClN4O4. The number of aromatic amines is 1. The van der Waals surface area contributed by atoms with Gasteiger partial charge in [-0.05, 0) is 36.8 Å². The summed E-state index contributed by atoms with van der Waals surface area (Å²) in [5.74, 6) is 1.11. The maximum Gasteiger partial charge on any atom is 0.257 e. The molecular weight excluding hydrogens is 420 g/mol. The van der Waals surface area contributed by atoms with Gasteiger partial charge < -0.3 is 19.4 Å². The van der Waals surface area contributed by atoms with Crippen molar-refractivity contribution in [2.45, 2.75) is 12.3 Å². The lowest BCUT2D eigenvalue weighted by atomic mass is 10.1. The van der Waals surface area contributed by atoms with E-state index in [2.05, 4.69) is 15.0 Å². The topological polar surface area (TPSA) is 97.4 Å². The third-order valence-corrected chi connectivity index (χ3v) is 5.49. The minimum absolute atomic E-state index is 0.107. The summed E-state index contributed by atoms with van der Waals surface area (Å²) in [5, 5.41) is 0.462. The summed E-state index contributed by atoms with van der Waals surface area (Å²) in [4.78, 5) is 38.8. The van der Waals surface area contributed by atoms with Gasteiger partial charge in [-0.1, -0.05) is 11.6 Å². The van der Waals surface area contributed by atoms with Crippen LogP contribution in [0, 0.1) is 0 Å². The van der Waals surface area contributed by atoms with E-state index in [-0.39, 0.29) is 17.4 Å². The fourth-order valence-corrected chi connectivity index (χ4v) is 3.91. The molecule has 1 aliphatic heterocycles. The van der Waals surface area contributed by atoms with Crippen molar-refractivity contribution < 1.29 is 14.3 Å². The van der Waals surface area contributed by atoms with Crippen LogP contribution in [0.15, 0.2) is 47.4 Å². The molecule has 0 bridgehead atoms. The van der Waals surface area contributed by atoms with Crippen LogP contribution in [0.2, 0.25) is 5.02 Å². The number of likely N-dealkylation sites (tertiary alicyclic amines) is 1. The Morgan fingerprint density at radius 2 is 2.06 bits per heavy atom. The minimum atomic E-state index is -0.271. The second-order valence-corrected chi connectivity index (χ2v) is 7.59. The SMILES string of the molecule is COc1ccc(Cl)cc1C(=O)N1CC[C@@H](c2nc(-c3cccnc3OC)cc(=O)[nH]2)C1. The largest absolute Gasteiger partial charge is 0.496 e. The molecule has 1 atom stereocenters. The standard InChI is InChI=1S/C22H21ClN4O4/c1-30-18-6-5-14(23)10-16(18)22(29)27-9-7-13(12-27)20-25-17(11-19(28)26-20)15-4-3-8-24-21(15)31-2/h3-6,8,10-11,13H,7,9,12H2,1-2H3,(H,25,26,28)/t13-/m1/s1. The smallest absolute Gasteiger partial charge is 0.257 e. The molecule has 9 heteroatoms. The van der Waals surface area contributed by atoms with E-state index in [1.54, 1.807) is 41.4 Å². The van der Waals surface area contributed by atoms with E-state index in [9.17, 15) is 9.59 Å². The molecule has 3 aromatic rings. The normalized spacial score (nSPS) is 15.7. The highest BCUT2D eigenvalue weighted by Gasteiger charge is 2.31.